The Morgan fingerprint density at radius 3 is 3.00 bits per heavy atom. The number of hydrogen-bond donors (Lipinski definition) is 1. The van der Waals surface area contributed by atoms with Crippen LogP contribution in [0.15, 0.2) is 4.52 Å². The van der Waals surface area contributed by atoms with Gasteiger partial charge in [0.1, 0.15) is 6.10 Å². The predicted molar refractivity (Wildman–Crippen MR) is 58.7 cm³/mol. The first kappa shape index (κ1) is 11.5. The van der Waals surface area contributed by atoms with Crippen molar-refractivity contribution in [2.45, 2.75) is 45.3 Å². The van der Waals surface area contributed by atoms with Crippen molar-refractivity contribution in [3.63, 3.8) is 0 Å². The summed E-state index contributed by atoms with van der Waals surface area (Å²) in [5.41, 5.74) is 5.84. The van der Waals surface area contributed by atoms with Crippen LogP contribution in [0, 0.1) is 5.92 Å². The molecule has 0 radical (unpaired) electrons. The summed E-state index contributed by atoms with van der Waals surface area (Å²) in [6, 6.07) is 0.104. The minimum atomic E-state index is -0.0286. The van der Waals surface area contributed by atoms with Gasteiger partial charge in [-0.3, -0.25) is 0 Å². The fraction of sp³-hybridized carbons (Fsp3) is 0.818. The number of ether oxygens (including phenoxy) is 1. The minimum Gasteiger partial charge on any atom is -0.368 e. The van der Waals surface area contributed by atoms with E-state index in [0.717, 1.165) is 19.4 Å². The smallest absolute Gasteiger partial charge is 0.256 e. The maximum absolute atomic E-state index is 5.84. The van der Waals surface area contributed by atoms with Crippen LogP contribution < -0.4 is 5.73 Å². The van der Waals surface area contributed by atoms with Gasteiger partial charge < -0.3 is 15.0 Å². The topological polar surface area (TPSA) is 74.2 Å². The Kier molecular flexibility index (Phi) is 3.56. The van der Waals surface area contributed by atoms with E-state index in [0.29, 0.717) is 24.1 Å². The molecule has 5 nitrogen and oxygen atoms in total. The van der Waals surface area contributed by atoms with Crippen LogP contribution in [0.4, 0.5) is 0 Å². The summed E-state index contributed by atoms with van der Waals surface area (Å²) in [5, 5.41) is 3.94. The summed E-state index contributed by atoms with van der Waals surface area (Å²) in [6.07, 6.45) is 2.61. The van der Waals surface area contributed by atoms with Crippen LogP contribution in [0.5, 0.6) is 0 Å². The van der Waals surface area contributed by atoms with Crippen molar-refractivity contribution in [3.05, 3.63) is 11.7 Å². The van der Waals surface area contributed by atoms with E-state index in [1.807, 2.05) is 6.92 Å². The average Bonchev–Trinajstić information content (AvgIpc) is 2.86. The second-order valence-corrected chi connectivity index (χ2v) is 4.48. The van der Waals surface area contributed by atoms with Crippen molar-refractivity contribution in [2.75, 3.05) is 6.61 Å². The van der Waals surface area contributed by atoms with E-state index in [4.69, 9.17) is 15.0 Å². The van der Waals surface area contributed by atoms with Crippen LogP contribution >= 0.6 is 0 Å². The van der Waals surface area contributed by atoms with Crippen molar-refractivity contribution < 1.29 is 9.26 Å². The maximum Gasteiger partial charge on any atom is 0.256 e. The molecule has 2 N–H and O–H groups in total. The van der Waals surface area contributed by atoms with E-state index in [2.05, 4.69) is 17.1 Å². The Labute approximate surface area is 95.3 Å². The van der Waals surface area contributed by atoms with Gasteiger partial charge in [-0.2, -0.15) is 4.98 Å². The van der Waals surface area contributed by atoms with Crippen LogP contribution in [-0.4, -0.2) is 22.8 Å². The predicted octanol–water partition coefficient (Wildman–Crippen LogP) is 1.45. The first-order valence-electron chi connectivity index (χ1n) is 5.90. The minimum absolute atomic E-state index is 0.0286. The molecule has 3 atom stereocenters. The SMILES string of the molecule is CCC(N)Cc1noc(C2OCCC2C)n1. The Morgan fingerprint density at radius 1 is 1.56 bits per heavy atom. The van der Waals surface area contributed by atoms with E-state index < -0.39 is 0 Å². The van der Waals surface area contributed by atoms with Crippen LogP contribution in [0.3, 0.4) is 0 Å². The molecular formula is C11H19N3O2. The summed E-state index contributed by atoms with van der Waals surface area (Å²) < 4.78 is 10.8. The van der Waals surface area contributed by atoms with E-state index >= 15 is 0 Å². The number of hydrogen-bond acceptors (Lipinski definition) is 5. The third kappa shape index (κ3) is 2.41. The quantitative estimate of drug-likeness (QED) is 0.839. The zero-order valence-electron chi connectivity index (χ0n) is 9.85. The van der Waals surface area contributed by atoms with Crippen LogP contribution in [0.2, 0.25) is 0 Å². The molecule has 1 aromatic heterocycles. The second kappa shape index (κ2) is 4.93. The molecule has 1 aliphatic rings. The molecule has 1 saturated heterocycles. The number of rotatable bonds is 4. The van der Waals surface area contributed by atoms with Gasteiger partial charge in [0.15, 0.2) is 5.82 Å². The monoisotopic (exact) mass is 225 g/mol. The molecular weight excluding hydrogens is 206 g/mol. The zero-order valence-corrected chi connectivity index (χ0v) is 9.85. The highest BCUT2D eigenvalue weighted by Crippen LogP contribution is 2.32. The van der Waals surface area contributed by atoms with Crippen molar-refractivity contribution in [1.29, 1.82) is 0 Å². The van der Waals surface area contributed by atoms with Crippen LogP contribution in [0.25, 0.3) is 0 Å². The van der Waals surface area contributed by atoms with Crippen molar-refractivity contribution in [3.8, 4) is 0 Å². The Morgan fingerprint density at radius 2 is 2.38 bits per heavy atom. The van der Waals surface area contributed by atoms with Gasteiger partial charge in [0.2, 0.25) is 0 Å². The molecule has 2 rings (SSSR count). The molecule has 90 valence electrons. The van der Waals surface area contributed by atoms with Gasteiger partial charge in [0, 0.05) is 19.1 Å². The first-order valence-corrected chi connectivity index (χ1v) is 5.90. The Balaban J connectivity index is 2.01. The molecule has 1 fully saturated rings. The lowest BCUT2D eigenvalue weighted by atomic mass is 10.0. The summed E-state index contributed by atoms with van der Waals surface area (Å²) >= 11 is 0. The van der Waals surface area contributed by atoms with Crippen molar-refractivity contribution in [1.82, 2.24) is 10.1 Å². The lowest BCUT2D eigenvalue weighted by Crippen LogP contribution is -2.22. The Hall–Kier alpha value is -0.940. The Bertz CT molecular complexity index is 340. The summed E-state index contributed by atoms with van der Waals surface area (Å²) in [6.45, 7) is 4.96. The summed E-state index contributed by atoms with van der Waals surface area (Å²) in [4.78, 5) is 4.35. The van der Waals surface area contributed by atoms with Crippen LogP contribution in [0.1, 0.15) is 44.5 Å². The average molecular weight is 225 g/mol. The highest BCUT2D eigenvalue weighted by Gasteiger charge is 2.30. The lowest BCUT2D eigenvalue weighted by molar-refractivity contribution is 0.0661. The molecule has 3 unspecified atom stereocenters. The van der Waals surface area contributed by atoms with Gasteiger partial charge in [0.05, 0.1) is 0 Å². The summed E-state index contributed by atoms with van der Waals surface area (Å²) in [5.74, 6) is 1.74. The fourth-order valence-electron chi connectivity index (χ4n) is 1.86. The zero-order chi connectivity index (χ0) is 11.5. The van der Waals surface area contributed by atoms with Gasteiger partial charge >= 0.3 is 0 Å². The highest BCUT2D eigenvalue weighted by atomic mass is 16.5. The molecule has 0 aliphatic carbocycles. The third-order valence-electron chi connectivity index (χ3n) is 3.08. The van der Waals surface area contributed by atoms with Gasteiger partial charge in [-0.25, -0.2) is 0 Å². The van der Waals surface area contributed by atoms with Crippen LogP contribution in [-0.2, 0) is 11.2 Å². The largest absolute Gasteiger partial charge is 0.368 e. The maximum atomic E-state index is 5.84. The third-order valence-corrected chi connectivity index (χ3v) is 3.08. The number of nitrogens with two attached hydrogens (primary N) is 1. The lowest BCUT2D eigenvalue weighted by Gasteiger charge is -2.08. The standard InChI is InChI=1S/C11H19N3O2/c1-3-8(12)6-9-13-11(16-14-9)10-7(2)4-5-15-10/h7-8,10H,3-6,12H2,1-2H3. The summed E-state index contributed by atoms with van der Waals surface area (Å²) in [7, 11) is 0. The molecule has 0 spiro atoms. The van der Waals surface area contributed by atoms with Gasteiger partial charge in [0.25, 0.3) is 5.89 Å². The van der Waals surface area contributed by atoms with Crippen molar-refractivity contribution in [2.24, 2.45) is 11.7 Å². The number of nitrogens with zero attached hydrogens (tertiary/aromatic N) is 2. The molecule has 2 heterocycles. The highest BCUT2D eigenvalue weighted by molar-refractivity contribution is 4.95. The first-order chi connectivity index (χ1) is 7.70. The molecule has 1 aromatic rings. The molecule has 1 aliphatic heterocycles. The molecule has 5 heteroatoms. The number of aromatic nitrogens is 2. The molecule has 0 amide bonds. The molecule has 0 aromatic carbocycles. The van der Waals surface area contributed by atoms with Crippen molar-refractivity contribution >= 4 is 0 Å². The molecule has 0 saturated carbocycles. The molecule has 16 heavy (non-hydrogen) atoms. The van der Waals surface area contributed by atoms with E-state index in [1.54, 1.807) is 0 Å². The van der Waals surface area contributed by atoms with Gasteiger partial charge in [-0.05, 0) is 18.8 Å². The second-order valence-electron chi connectivity index (χ2n) is 4.48. The normalized spacial score (nSPS) is 27.2. The van der Waals surface area contributed by atoms with Gasteiger partial charge in [-0.1, -0.05) is 19.0 Å². The van der Waals surface area contributed by atoms with Gasteiger partial charge in [-0.15, -0.1) is 0 Å². The van der Waals surface area contributed by atoms with E-state index in [9.17, 15) is 0 Å². The van der Waals surface area contributed by atoms with E-state index in [-0.39, 0.29) is 12.1 Å². The molecule has 0 bridgehead atoms. The van der Waals surface area contributed by atoms with E-state index in [1.165, 1.54) is 0 Å². The fourth-order valence-corrected chi connectivity index (χ4v) is 1.86.